The molecule has 6 nitrogen and oxygen atoms in total. The van der Waals surface area contributed by atoms with E-state index in [1.165, 1.54) is 30.4 Å². The van der Waals surface area contributed by atoms with Crippen molar-refractivity contribution in [3.05, 3.63) is 100.0 Å². The first-order valence-corrected chi connectivity index (χ1v) is 8.72. The molecule has 29 heavy (non-hydrogen) atoms. The number of benzene rings is 2. The van der Waals surface area contributed by atoms with Gasteiger partial charge in [-0.1, -0.05) is 42.5 Å². The van der Waals surface area contributed by atoms with Gasteiger partial charge < -0.3 is 14.3 Å². The van der Waals surface area contributed by atoms with Crippen LogP contribution in [0.25, 0.3) is 17.0 Å². The van der Waals surface area contributed by atoms with E-state index in [9.17, 15) is 19.5 Å². The van der Waals surface area contributed by atoms with Crippen molar-refractivity contribution in [3.63, 3.8) is 0 Å². The minimum atomic E-state index is -0.727. The maximum Gasteiger partial charge on any atom is 0.347 e. The van der Waals surface area contributed by atoms with Crippen molar-refractivity contribution in [2.75, 3.05) is 0 Å². The second kappa shape index (κ2) is 7.44. The average molecular weight is 386 g/mol. The number of Topliss-reactive ketones (excluding diaryl/α,β-unsaturated/α-hetero) is 1. The molecule has 1 aliphatic heterocycles. The number of esters is 1. The predicted octanol–water partition coefficient (Wildman–Crippen LogP) is 3.80. The zero-order chi connectivity index (χ0) is 20.4. The minimum absolute atomic E-state index is 0.00285. The van der Waals surface area contributed by atoms with E-state index < -0.39 is 17.4 Å². The fourth-order valence-corrected chi connectivity index (χ4v) is 2.94. The van der Waals surface area contributed by atoms with Crippen LogP contribution < -0.4 is 10.4 Å². The van der Waals surface area contributed by atoms with Gasteiger partial charge in [-0.05, 0) is 36.4 Å². The molecule has 2 heterocycles. The molecule has 4 rings (SSSR count). The molecule has 0 aliphatic carbocycles. The van der Waals surface area contributed by atoms with E-state index in [0.29, 0.717) is 16.5 Å². The fourth-order valence-electron chi connectivity index (χ4n) is 2.94. The molecule has 1 aromatic heterocycles. The van der Waals surface area contributed by atoms with Crippen LogP contribution in [0.3, 0.4) is 0 Å². The Morgan fingerprint density at radius 1 is 0.862 bits per heavy atom. The van der Waals surface area contributed by atoms with Gasteiger partial charge in [0.25, 0.3) is 0 Å². The van der Waals surface area contributed by atoms with E-state index >= 15 is 0 Å². The third-order valence-corrected chi connectivity index (χ3v) is 4.37. The number of ether oxygens (including phenoxy) is 1. The summed E-state index contributed by atoms with van der Waals surface area (Å²) in [5, 5.41) is 10.7. The lowest BCUT2D eigenvalue weighted by molar-refractivity contribution is -0.130. The third-order valence-electron chi connectivity index (χ3n) is 4.37. The molecule has 0 spiro atoms. The normalized spacial score (nSPS) is 15.4. The Morgan fingerprint density at radius 2 is 1.62 bits per heavy atom. The Bertz CT molecular complexity index is 1290. The third kappa shape index (κ3) is 3.39. The van der Waals surface area contributed by atoms with Crippen LogP contribution in [0.2, 0.25) is 0 Å². The van der Waals surface area contributed by atoms with E-state index in [0.717, 1.165) is 0 Å². The Balaban J connectivity index is 1.58. The van der Waals surface area contributed by atoms with Crippen molar-refractivity contribution in [1.82, 2.24) is 0 Å². The van der Waals surface area contributed by atoms with Gasteiger partial charge in [0.2, 0.25) is 5.78 Å². The summed E-state index contributed by atoms with van der Waals surface area (Å²) >= 11 is 0. The number of fused-ring (bicyclic) bond motifs is 2. The zero-order valence-corrected chi connectivity index (χ0v) is 15.0. The van der Waals surface area contributed by atoms with Gasteiger partial charge in [0.15, 0.2) is 0 Å². The van der Waals surface area contributed by atoms with Crippen LogP contribution in [-0.2, 0) is 4.79 Å². The number of carbonyl (C=O) groups is 2. The van der Waals surface area contributed by atoms with Crippen molar-refractivity contribution in [1.29, 1.82) is 0 Å². The van der Waals surface area contributed by atoms with Crippen LogP contribution >= 0.6 is 0 Å². The molecule has 0 radical (unpaired) electrons. The summed E-state index contributed by atoms with van der Waals surface area (Å²) in [4.78, 5) is 36.5. The van der Waals surface area contributed by atoms with Crippen molar-refractivity contribution in [2.24, 2.45) is 0 Å². The molecular formula is C23H14O6. The highest BCUT2D eigenvalue weighted by Crippen LogP contribution is 2.28. The molecule has 0 unspecified atom stereocenters. The van der Waals surface area contributed by atoms with Gasteiger partial charge in [-0.15, -0.1) is 0 Å². The number of hydrogen-bond donors (Lipinski definition) is 1. The zero-order valence-electron chi connectivity index (χ0n) is 15.0. The highest BCUT2D eigenvalue weighted by molar-refractivity contribution is 6.27. The number of hydrogen-bond acceptors (Lipinski definition) is 6. The molecule has 0 atom stereocenters. The number of para-hydroxylation sites is 2. The first kappa shape index (κ1) is 18.2. The summed E-state index contributed by atoms with van der Waals surface area (Å²) in [5.74, 6) is -1.09. The standard InChI is InChI=1S/C23H14O6/c24-20-14-8-4-6-12-18(14)28-22(26)16(20)10-2-1-3-11-17-21(25)15-9-5-7-13-19(15)29-23(17)27/h1-13,24H. The van der Waals surface area contributed by atoms with Crippen molar-refractivity contribution < 1.29 is 23.8 Å². The van der Waals surface area contributed by atoms with Crippen LogP contribution in [0.15, 0.2) is 87.6 Å². The van der Waals surface area contributed by atoms with Gasteiger partial charge in [-0.3, -0.25) is 4.79 Å². The summed E-state index contributed by atoms with van der Waals surface area (Å²) in [6.45, 7) is 0. The monoisotopic (exact) mass is 386 g/mol. The first-order chi connectivity index (χ1) is 14.1. The summed E-state index contributed by atoms with van der Waals surface area (Å²) < 4.78 is 10.3. The lowest BCUT2D eigenvalue weighted by Gasteiger charge is -2.15. The van der Waals surface area contributed by atoms with Crippen molar-refractivity contribution >= 4 is 28.8 Å². The Kier molecular flexibility index (Phi) is 4.66. The second-order valence-corrected chi connectivity index (χ2v) is 6.19. The topological polar surface area (TPSA) is 93.8 Å². The van der Waals surface area contributed by atoms with Crippen LogP contribution in [0, 0.1) is 0 Å². The van der Waals surface area contributed by atoms with Gasteiger partial charge in [0.1, 0.15) is 28.2 Å². The lowest BCUT2D eigenvalue weighted by atomic mass is 9.99. The van der Waals surface area contributed by atoms with Gasteiger partial charge in [-0.25, -0.2) is 9.59 Å². The SMILES string of the molecule is O=C1Oc2ccccc2C(=O)C1=CC=CC=Cc1c(O)c2ccccc2oc1=O. The smallest absolute Gasteiger partial charge is 0.347 e. The van der Waals surface area contributed by atoms with Crippen molar-refractivity contribution in [2.45, 2.75) is 0 Å². The maximum atomic E-state index is 12.4. The number of aromatic hydroxyl groups is 1. The van der Waals surface area contributed by atoms with E-state index in [-0.39, 0.29) is 22.6 Å². The Labute approximate surface area is 164 Å². The molecule has 0 saturated heterocycles. The lowest BCUT2D eigenvalue weighted by Crippen LogP contribution is -2.24. The molecule has 1 N–H and O–H groups in total. The molecule has 1 aliphatic rings. The first-order valence-electron chi connectivity index (χ1n) is 8.72. The molecule has 0 bridgehead atoms. The summed E-state index contributed by atoms with van der Waals surface area (Å²) in [6.07, 6.45) is 7.21. The van der Waals surface area contributed by atoms with E-state index in [1.54, 1.807) is 48.5 Å². The summed E-state index contributed by atoms with van der Waals surface area (Å²) in [7, 11) is 0. The van der Waals surface area contributed by atoms with Crippen LogP contribution in [0.5, 0.6) is 11.5 Å². The van der Waals surface area contributed by atoms with Crippen LogP contribution in [-0.4, -0.2) is 16.9 Å². The van der Waals surface area contributed by atoms with E-state index in [1.807, 2.05) is 0 Å². The molecule has 6 heteroatoms. The van der Waals surface area contributed by atoms with Crippen molar-refractivity contribution in [3.8, 4) is 11.5 Å². The van der Waals surface area contributed by atoms with Crippen LogP contribution in [0.1, 0.15) is 15.9 Å². The predicted molar refractivity (Wildman–Crippen MR) is 107 cm³/mol. The number of allylic oxidation sites excluding steroid dienone is 4. The molecule has 0 saturated carbocycles. The highest BCUT2D eigenvalue weighted by Gasteiger charge is 2.29. The fraction of sp³-hybridized carbons (Fsp3) is 0. The number of carbonyl (C=O) groups excluding carboxylic acids is 2. The van der Waals surface area contributed by atoms with Gasteiger partial charge in [0, 0.05) is 0 Å². The Hall–Kier alpha value is -4.19. The minimum Gasteiger partial charge on any atom is -0.506 e. The van der Waals surface area contributed by atoms with Crippen LogP contribution in [0.4, 0.5) is 0 Å². The summed E-state index contributed by atoms with van der Waals surface area (Å²) in [5.41, 5.74) is -0.153. The Morgan fingerprint density at radius 3 is 2.48 bits per heavy atom. The molecular weight excluding hydrogens is 372 g/mol. The second-order valence-electron chi connectivity index (χ2n) is 6.19. The molecule has 0 amide bonds. The van der Waals surface area contributed by atoms with Gasteiger partial charge in [-0.2, -0.15) is 0 Å². The highest BCUT2D eigenvalue weighted by atomic mass is 16.5. The summed E-state index contributed by atoms with van der Waals surface area (Å²) in [6, 6.07) is 13.2. The maximum absolute atomic E-state index is 12.4. The van der Waals surface area contributed by atoms with Gasteiger partial charge >= 0.3 is 11.6 Å². The number of ketones is 1. The average Bonchev–Trinajstić information content (AvgIpc) is 2.72. The number of rotatable bonds is 3. The quantitative estimate of drug-likeness (QED) is 0.184. The van der Waals surface area contributed by atoms with E-state index in [2.05, 4.69) is 0 Å². The van der Waals surface area contributed by atoms with Gasteiger partial charge in [0.05, 0.1) is 10.9 Å². The molecule has 0 fully saturated rings. The largest absolute Gasteiger partial charge is 0.506 e. The molecule has 142 valence electrons. The van der Waals surface area contributed by atoms with E-state index in [4.69, 9.17) is 9.15 Å². The molecule has 3 aromatic rings. The molecule has 2 aromatic carbocycles.